The van der Waals surface area contributed by atoms with Crippen LogP contribution in [0.4, 0.5) is 19.0 Å². The number of hydrogen-bond donors (Lipinski definition) is 0. The van der Waals surface area contributed by atoms with E-state index in [1.165, 1.54) is 12.3 Å². The molecule has 1 aromatic heterocycles. The van der Waals surface area contributed by atoms with Crippen LogP contribution in [0.25, 0.3) is 0 Å². The fourth-order valence-electron chi connectivity index (χ4n) is 2.99. The van der Waals surface area contributed by atoms with Gasteiger partial charge in [0.05, 0.1) is 12.2 Å². The summed E-state index contributed by atoms with van der Waals surface area (Å²) in [6.07, 6.45) is -1.21. The first-order chi connectivity index (χ1) is 11.5. The molecule has 24 heavy (non-hydrogen) atoms. The van der Waals surface area contributed by atoms with Crippen molar-refractivity contribution in [1.29, 1.82) is 0 Å². The molecule has 1 aliphatic rings. The van der Waals surface area contributed by atoms with Crippen molar-refractivity contribution in [3.05, 3.63) is 54.2 Å². The van der Waals surface area contributed by atoms with E-state index in [9.17, 15) is 13.2 Å². The third-order valence-corrected chi connectivity index (χ3v) is 4.14. The summed E-state index contributed by atoms with van der Waals surface area (Å²) in [6.45, 7) is 1.60. The number of benzene rings is 1. The van der Waals surface area contributed by atoms with Crippen LogP contribution in [0.2, 0.25) is 0 Å². The van der Waals surface area contributed by atoms with Gasteiger partial charge in [-0.15, -0.1) is 0 Å². The molecule has 1 fully saturated rings. The van der Waals surface area contributed by atoms with Crippen LogP contribution >= 0.6 is 0 Å². The van der Waals surface area contributed by atoms with Crippen molar-refractivity contribution in [2.45, 2.75) is 19.0 Å². The molecule has 3 rings (SSSR count). The van der Waals surface area contributed by atoms with E-state index >= 15 is 0 Å². The Balaban J connectivity index is 1.68. The molecule has 6 heteroatoms. The van der Waals surface area contributed by atoms with Crippen LogP contribution in [0.3, 0.4) is 0 Å². The molecule has 1 saturated heterocycles. The Hall–Kier alpha value is -2.24. The molecule has 128 valence electrons. The van der Waals surface area contributed by atoms with E-state index in [-0.39, 0.29) is 11.7 Å². The average Bonchev–Trinajstić information content (AvgIpc) is 2.60. The number of ether oxygens (including phenoxy) is 1. The van der Waals surface area contributed by atoms with Crippen LogP contribution in [-0.2, 0) is 6.18 Å². The number of nitrogens with zero attached hydrogens (tertiary/aromatic N) is 2. The summed E-state index contributed by atoms with van der Waals surface area (Å²) in [7, 11) is 0. The highest BCUT2D eigenvalue weighted by molar-refractivity contribution is 5.48. The van der Waals surface area contributed by atoms with Crippen LogP contribution in [0, 0.1) is 5.92 Å². The van der Waals surface area contributed by atoms with Gasteiger partial charge < -0.3 is 9.64 Å². The monoisotopic (exact) mass is 336 g/mol. The first-order valence-corrected chi connectivity index (χ1v) is 7.99. The number of hydrogen-bond acceptors (Lipinski definition) is 3. The van der Waals surface area contributed by atoms with Crippen molar-refractivity contribution in [3.8, 4) is 5.75 Å². The maximum absolute atomic E-state index is 13.2. The van der Waals surface area contributed by atoms with Gasteiger partial charge in [0.25, 0.3) is 0 Å². The lowest BCUT2D eigenvalue weighted by Crippen LogP contribution is -2.39. The molecule has 1 atom stereocenters. The van der Waals surface area contributed by atoms with Crippen LogP contribution < -0.4 is 9.64 Å². The number of pyridine rings is 1. The Morgan fingerprint density at radius 3 is 2.67 bits per heavy atom. The van der Waals surface area contributed by atoms with E-state index in [1.54, 1.807) is 4.90 Å². The Morgan fingerprint density at radius 1 is 1.12 bits per heavy atom. The molecule has 2 aromatic rings. The largest absolute Gasteiger partial charge is 0.493 e. The number of piperidine rings is 1. The molecular formula is C18H19F3N2O. The summed E-state index contributed by atoms with van der Waals surface area (Å²) < 4.78 is 45.3. The molecule has 0 saturated carbocycles. The Kier molecular flexibility index (Phi) is 4.92. The minimum absolute atomic E-state index is 0.0226. The maximum atomic E-state index is 13.2. The van der Waals surface area contributed by atoms with Gasteiger partial charge in [0.2, 0.25) is 0 Å². The predicted molar refractivity (Wildman–Crippen MR) is 86.1 cm³/mol. The number of alkyl halides is 3. The van der Waals surface area contributed by atoms with Crippen molar-refractivity contribution >= 4 is 5.82 Å². The highest BCUT2D eigenvalue weighted by Crippen LogP contribution is 2.36. The topological polar surface area (TPSA) is 25.4 Å². The van der Waals surface area contributed by atoms with E-state index in [1.807, 2.05) is 30.3 Å². The summed E-state index contributed by atoms with van der Waals surface area (Å²) in [5, 5.41) is 0. The second-order valence-electron chi connectivity index (χ2n) is 5.95. The Bertz CT molecular complexity index is 661. The van der Waals surface area contributed by atoms with Gasteiger partial charge in [0.1, 0.15) is 11.6 Å². The second-order valence-corrected chi connectivity index (χ2v) is 5.95. The van der Waals surface area contributed by atoms with Crippen molar-refractivity contribution in [1.82, 2.24) is 4.98 Å². The van der Waals surface area contributed by atoms with Gasteiger partial charge in [-0.05, 0) is 37.1 Å². The average molecular weight is 336 g/mol. The minimum Gasteiger partial charge on any atom is -0.493 e. The molecule has 2 heterocycles. The quantitative estimate of drug-likeness (QED) is 0.828. The van der Waals surface area contributed by atoms with E-state index in [0.717, 1.165) is 24.7 Å². The van der Waals surface area contributed by atoms with Gasteiger partial charge in [0.15, 0.2) is 0 Å². The van der Waals surface area contributed by atoms with Crippen LogP contribution in [0.1, 0.15) is 18.4 Å². The molecule has 0 amide bonds. The standard InChI is InChI=1S/C18H19F3N2O/c19-18(20,21)16-9-4-10-22-17(16)23-11-5-6-14(12-23)13-24-15-7-2-1-3-8-15/h1-4,7-10,14H,5-6,11-13H2. The van der Waals surface area contributed by atoms with E-state index in [2.05, 4.69) is 4.98 Å². The summed E-state index contributed by atoms with van der Waals surface area (Å²) in [5.74, 6) is 0.986. The molecular weight excluding hydrogens is 317 g/mol. The maximum Gasteiger partial charge on any atom is 0.419 e. The van der Waals surface area contributed by atoms with Crippen molar-refractivity contribution in [2.75, 3.05) is 24.6 Å². The fraction of sp³-hybridized carbons (Fsp3) is 0.389. The van der Waals surface area contributed by atoms with Crippen LogP contribution in [-0.4, -0.2) is 24.7 Å². The van der Waals surface area contributed by atoms with Crippen molar-refractivity contribution in [2.24, 2.45) is 5.92 Å². The zero-order valence-electron chi connectivity index (χ0n) is 13.2. The number of halogens is 3. The molecule has 0 N–H and O–H groups in total. The SMILES string of the molecule is FC(F)(F)c1cccnc1N1CCCC(COc2ccccc2)C1. The molecule has 0 bridgehead atoms. The van der Waals surface area contributed by atoms with Gasteiger partial charge in [-0.1, -0.05) is 18.2 Å². The normalized spacial score (nSPS) is 18.5. The van der Waals surface area contributed by atoms with Crippen LogP contribution in [0.15, 0.2) is 48.7 Å². The van der Waals surface area contributed by atoms with E-state index < -0.39 is 11.7 Å². The lowest BCUT2D eigenvalue weighted by Gasteiger charge is -2.34. The first-order valence-electron chi connectivity index (χ1n) is 7.99. The van der Waals surface area contributed by atoms with E-state index in [0.29, 0.717) is 19.7 Å². The minimum atomic E-state index is -4.39. The third-order valence-electron chi connectivity index (χ3n) is 4.14. The number of para-hydroxylation sites is 1. The molecule has 1 aromatic carbocycles. The Labute approximate surface area is 139 Å². The molecule has 0 spiro atoms. The van der Waals surface area contributed by atoms with Gasteiger partial charge in [0, 0.05) is 25.2 Å². The first kappa shape index (κ1) is 16.6. The molecule has 3 nitrogen and oxygen atoms in total. The number of aromatic nitrogens is 1. The van der Waals surface area contributed by atoms with Gasteiger partial charge in [-0.25, -0.2) is 4.98 Å². The lowest BCUT2D eigenvalue weighted by atomic mass is 9.98. The molecule has 1 unspecified atom stereocenters. The Morgan fingerprint density at radius 2 is 1.92 bits per heavy atom. The highest BCUT2D eigenvalue weighted by Gasteiger charge is 2.36. The summed E-state index contributed by atoms with van der Waals surface area (Å²) in [4.78, 5) is 5.71. The van der Waals surface area contributed by atoms with Gasteiger partial charge >= 0.3 is 6.18 Å². The summed E-state index contributed by atoms with van der Waals surface area (Å²) in [6, 6.07) is 11.9. The van der Waals surface area contributed by atoms with E-state index in [4.69, 9.17) is 4.74 Å². The highest BCUT2D eigenvalue weighted by atomic mass is 19.4. The summed E-state index contributed by atoms with van der Waals surface area (Å²) >= 11 is 0. The molecule has 1 aliphatic heterocycles. The lowest BCUT2D eigenvalue weighted by molar-refractivity contribution is -0.137. The fourth-order valence-corrected chi connectivity index (χ4v) is 2.99. The zero-order valence-corrected chi connectivity index (χ0v) is 13.2. The van der Waals surface area contributed by atoms with Gasteiger partial charge in [-0.2, -0.15) is 13.2 Å². The van der Waals surface area contributed by atoms with Crippen molar-refractivity contribution < 1.29 is 17.9 Å². The number of anilines is 1. The number of rotatable bonds is 4. The zero-order chi connectivity index (χ0) is 17.0. The smallest absolute Gasteiger partial charge is 0.419 e. The third kappa shape index (κ3) is 3.99. The molecule has 0 aliphatic carbocycles. The second kappa shape index (κ2) is 7.11. The van der Waals surface area contributed by atoms with Crippen LogP contribution in [0.5, 0.6) is 5.75 Å². The summed E-state index contributed by atoms with van der Waals surface area (Å²) in [5.41, 5.74) is -0.672. The van der Waals surface area contributed by atoms with Gasteiger partial charge in [-0.3, -0.25) is 0 Å². The molecule has 0 radical (unpaired) electrons. The van der Waals surface area contributed by atoms with Crippen molar-refractivity contribution in [3.63, 3.8) is 0 Å². The predicted octanol–water partition coefficient (Wildman–Crippen LogP) is 4.40.